The normalized spacial score (nSPS) is 21.8. The number of likely N-dealkylation sites (tertiary alicyclic amines) is 1. The second kappa shape index (κ2) is 9.42. The number of nitrogens with zero attached hydrogens (tertiary/aromatic N) is 5. The molecule has 0 bridgehead atoms. The fourth-order valence-electron chi connectivity index (χ4n) is 5.86. The molecule has 3 aliphatic rings. The Morgan fingerprint density at radius 3 is 2.42 bits per heavy atom. The molecule has 1 saturated carbocycles. The minimum Gasteiger partial charge on any atom is -0.464 e. The lowest BCUT2D eigenvalue weighted by molar-refractivity contribution is 0.0594. The molecule has 36 heavy (non-hydrogen) atoms. The highest BCUT2D eigenvalue weighted by molar-refractivity contribution is 5.99. The molecule has 7 nitrogen and oxygen atoms in total. The molecule has 1 aliphatic carbocycles. The van der Waals surface area contributed by atoms with Gasteiger partial charge in [-0.05, 0) is 62.4 Å². The number of benzene rings is 1. The summed E-state index contributed by atoms with van der Waals surface area (Å²) in [5, 5.41) is 5.94. The van der Waals surface area contributed by atoms with Gasteiger partial charge in [-0.25, -0.2) is 23.2 Å². The lowest BCUT2D eigenvalue weighted by atomic mass is 9.82. The molecule has 3 aromatic rings. The fourth-order valence-corrected chi connectivity index (χ4v) is 5.86. The van der Waals surface area contributed by atoms with Crippen molar-refractivity contribution in [2.45, 2.75) is 56.7 Å². The number of alkyl halides is 1. The first-order valence-corrected chi connectivity index (χ1v) is 12.9. The minimum atomic E-state index is -0.715. The number of anilines is 1. The second-order valence-corrected chi connectivity index (χ2v) is 10.2. The van der Waals surface area contributed by atoms with Gasteiger partial charge in [0.05, 0.1) is 29.6 Å². The summed E-state index contributed by atoms with van der Waals surface area (Å²) in [5.74, 6) is -0.489. The largest absolute Gasteiger partial charge is 0.464 e. The maximum absolute atomic E-state index is 13.8. The maximum atomic E-state index is 13.8. The number of carbonyl (C=O) groups is 1. The van der Waals surface area contributed by atoms with Crippen LogP contribution in [0.5, 0.6) is 0 Å². The van der Waals surface area contributed by atoms with Gasteiger partial charge in [0, 0.05) is 38.1 Å². The number of aromatic nitrogens is 3. The van der Waals surface area contributed by atoms with Gasteiger partial charge in [0.15, 0.2) is 11.3 Å². The van der Waals surface area contributed by atoms with Crippen molar-refractivity contribution in [3.63, 3.8) is 0 Å². The van der Waals surface area contributed by atoms with Crippen LogP contribution in [0.4, 0.5) is 14.5 Å². The maximum Gasteiger partial charge on any atom is 0.356 e. The van der Waals surface area contributed by atoms with E-state index in [0.29, 0.717) is 36.3 Å². The van der Waals surface area contributed by atoms with Gasteiger partial charge in [-0.15, -0.1) is 0 Å². The first-order chi connectivity index (χ1) is 17.5. The molecule has 6 rings (SSSR count). The summed E-state index contributed by atoms with van der Waals surface area (Å²) in [5.41, 5.74) is 3.44. The molecule has 190 valence electrons. The molecule has 0 amide bonds. The van der Waals surface area contributed by atoms with Gasteiger partial charge in [0.2, 0.25) is 0 Å². The molecule has 3 fully saturated rings. The highest BCUT2D eigenvalue weighted by Gasteiger charge is 2.34. The van der Waals surface area contributed by atoms with Gasteiger partial charge < -0.3 is 9.64 Å². The number of ether oxygens (including phenoxy) is 1. The molecular formula is C27H31F2N5O2. The Bertz CT molecular complexity index is 1270. The van der Waals surface area contributed by atoms with E-state index in [1.807, 2.05) is 6.07 Å². The van der Waals surface area contributed by atoms with Gasteiger partial charge >= 0.3 is 5.97 Å². The van der Waals surface area contributed by atoms with Crippen LogP contribution in [-0.4, -0.2) is 71.1 Å². The van der Waals surface area contributed by atoms with E-state index in [4.69, 9.17) is 14.8 Å². The number of piperidine rings is 1. The number of hydrogen-bond donors (Lipinski definition) is 0. The molecule has 9 heteroatoms. The number of rotatable bonds is 5. The van der Waals surface area contributed by atoms with E-state index in [1.165, 1.54) is 19.2 Å². The second-order valence-electron chi connectivity index (χ2n) is 10.2. The van der Waals surface area contributed by atoms with Gasteiger partial charge in [-0.2, -0.15) is 5.10 Å². The number of esters is 1. The summed E-state index contributed by atoms with van der Waals surface area (Å²) < 4.78 is 34.2. The topological polar surface area (TPSA) is 63.5 Å². The summed E-state index contributed by atoms with van der Waals surface area (Å²) >= 11 is 0. The number of pyridine rings is 1. The Balaban J connectivity index is 1.43. The van der Waals surface area contributed by atoms with E-state index in [2.05, 4.69) is 9.80 Å². The highest BCUT2D eigenvalue weighted by Crippen LogP contribution is 2.43. The van der Waals surface area contributed by atoms with Crippen molar-refractivity contribution in [1.29, 1.82) is 0 Å². The molecule has 2 saturated heterocycles. The number of methoxy groups -OCH3 is 1. The Hall–Kier alpha value is -3.07. The van der Waals surface area contributed by atoms with Crippen LogP contribution in [-0.2, 0) is 4.74 Å². The van der Waals surface area contributed by atoms with Crippen LogP contribution >= 0.6 is 0 Å². The summed E-state index contributed by atoms with van der Waals surface area (Å²) in [6, 6.07) is 8.38. The van der Waals surface area contributed by atoms with Crippen molar-refractivity contribution in [2.24, 2.45) is 0 Å². The SMILES string of the molecule is COC(=O)c1cc(N2CCC(N3CCC(F)C3)CC2)c2c(C3CCC3)nn(-c3ccc(F)cc3)c2n1. The standard InChI is InChI=1S/C27H31F2N5O2/c1-36-27(35)22-15-23(32-13-10-20(11-14-32)33-12-9-19(29)16-33)24-25(17-3-2-4-17)31-34(26(24)30-22)21-7-5-18(28)6-8-21/h5-8,15,17,19-20H,2-4,9-14,16H2,1H3. The number of hydrogen-bond acceptors (Lipinski definition) is 6. The third-order valence-electron chi connectivity index (χ3n) is 8.09. The molecular weight excluding hydrogens is 464 g/mol. The van der Waals surface area contributed by atoms with E-state index in [9.17, 15) is 13.6 Å². The van der Waals surface area contributed by atoms with E-state index in [-0.39, 0.29) is 11.5 Å². The highest BCUT2D eigenvalue weighted by atomic mass is 19.1. The van der Waals surface area contributed by atoms with Gasteiger partial charge in [0.25, 0.3) is 0 Å². The Morgan fingerprint density at radius 1 is 1.06 bits per heavy atom. The van der Waals surface area contributed by atoms with Crippen molar-refractivity contribution >= 4 is 22.7 Å². The number of fused-ring (bicyclic) bond motifs is 1. The minimum absolute atomic E-state index is 0.227. The molecule has 0 N–H and O–H groups in total. The van der Waals surface area contributed by atoms with Crippen molar-refractivity contribution < 1.29 is 18.3 Å². The number of carbonyl (C=O) groups excluding carboxylic acids is 1. The zero-order chi connectivity index (χ0) is 24.8. The van der Waals surface area contributed by atoms with Crippen LogP contribution in [0.25, 0.3) is 16.7 Å². The first kappa shape index (κ1) is 23.3. The average Bonchev–Trinajstić information content (AvgIpc) is 3.47. The Labute approximate surface area is 209 Å². The van der Waals surface area contributed by atoms with Crippen molar-refractivity contribution in [1.82, 2.24) is 19.7 Å². The van der Waals surface area contributed by atoms with Crippen molar-refractivity contribution in [2.75, 3.05) is 38.2 Å². The molecule has 0 radical (unpaired) electrons. The summed E-state index contributed by atoms with van der Waals surface area (Å²) in [4.78, 5) is 21.9. The summed E-state index contributed by atoms with van der Waals surface area (Å²) in [7, 11) is 1.35. The molecule has 2 aliphatic heterocycles. The third kappa shape index (κ3) is 4.13. The van der Waals surface area contributed by atoms with Crippen LogP contribution in [0.3, 0.4) is 0 Å². The van der Waals surface area contributed by atoms with Crippen molar-refractivity contribution in [3.05, 3.63) is 47.5 Å². The molecule has 1 atom stereocenters. The predicted octanol–water partition coefficient (Wildman–Crippen LogP) is 4.63. The smallest absolute Gasteiger partial charge is 0.356 e. The van der Waals surface area contributed by atoms with E-state index >= 15 is 0 Å². The monoisotopic (exact) mass is 495 g/mol. The van der Waals surface area contributed by atoms with Crippen LogP contribution in [0.15, 0.2) is 30.3 Å². The van der Waals surface area contributed by atoms with Gasteiger partial charge in [-0.1, -0.05) is 6.42 Å². The molecule has 4 heterocycles. The van der Waals surface area contributed by atoms with E-state index < -0.39 is 12.1 Å². The zero-order valence-electron chi connectivity index (χ0n) is 20.5. The fraction of sp³-hybridized carbons (Fsp3) is 0.519. The van der Waals surface area contributed by atoms with Gasteiger partial charge in [0.1, 0.15) is 12.0 Å². The quantitative estimate of drug-likeness (QED) is 0.481. The zero-order valence-corrected chi connectivity index (χ0v) is 20.5. The first-order valence-electron chi connectivity index (χ1n) is 12.9. The average molecular weight is 496 g/mol. The molecule has 1 unspecified atom stereocenters. The summed E-state index contributed by atoms with van der Waals surface area (Å²) in [6.07, 6.45) is 5.08. The lowest BCUT2D eigenvalue weighted by Crippen LogP contribution is -2.44. The van der Waals surface area contributed by atoms with Crippen LogP contribution in [0.1, 0.15) is 60.6 Å². The van der Waals surface area contributed by atoms with E-state index in [0.717, 1.165) is 68.5 Å². The van der Waals surface area contributed by atoms with Gasteiger partial charge in [-0.3, -0.25) is 4.90 Å². The van der Waals surface area contributed by atoms with Crippen molar-refractivity contribution in [3.8, 4) is 5.69 Å². The predicted molar refractivity (Wildman–Crippen MR) is 133 cm³/mol. The Morgan fingerprint density at radius 2 is 1.81 bits per heavy atom. The van der Waals surface area contributed by atoms with E-state index in [1.54, 1.807) is 16.8 Å². The number of halogens is 2. The van der Waals surface area contributed by atoms with Crippen LogP contribution < -0.4 is 4.90 Å². The molecule has 1 aromatic carbocycles. The third-order valence-corrected chi connectivity index (χ3v) is 8.09. The molecule has 0 spiro atoms. The lowest BCUT2D eigenvalue weighted by Gasteiger charge is -2.38. The van der Waals surface area contributed by atoms with Crippen LogP contribution in [0, 0.1) is 5.82 Å². The van der Waals surface area contributed by atoms with Crippen LogP contribution in [0.2, 0.25) is 0 Å². The Kier molecular flexibility index (Phi) is 6.11. The summed E-state index contributed by atoms with van der Waals surface area (Å²) in [6.45, 7) is 2.98. The molecule has 2 aromatic heterocycles.